The second-order valence-corrected chi connectivity index (χ2v) is 10.2. The molecule has 0 saturated carbocycles. The molecule has 0 radical (unpaired) electrons. The van der Waals surface area contributed by atoms with Crippen molar-refractivity contribution in [3.05, 3.63) is 145 Å². The van der Waals surface area contributed by atoms with Gasteiger partial charge in [0, 0.05) is 0 Å². The van der Waals surface area contributed by atoms with Gasteiger partial charge < -0.3 is 0 Å². The summed E-state index contributed by atoms with van der Waals surface area (Å²) in [6.45, 7) is 4.38. The maximum Gasteiger partial charge on any atom is -0.00263 e. The van der Waals surface area contributed by atoms with E-state index in [1.54, 1.807) is 0 Å². The minimum absolute atomic E-state index is 1.24. The van der Waals surface area contributed by atoms with Gasteiger partial charge in [-0.25, -0.2) is 0 Å². The molecule has 0 aliphatic carbocycles. The zero-order valence-corrected chi connectivity index (χ0v) is 21.7. The molecule has 0 aliphatic rings. The molecule has 180 valence electrons. The second-order valence-electron chi connectivity index (χ2n) is 10.2. The van der Waals surface area contributed by atoms with Crippen molar-refractivity contribution in [1.29, 1.82) is 0 Å². The van der Waals surface area contributed by atoms with Crippen molar-refractivity contribution in [2.75, 3.05) is 0 Å². The largest absolute Gasteiger partial charge is 0.0616 e. The lowest BCUT2D eigenvalue weighted by atomic mass is 9.85. The van der Waals surface area contributed by atoms with Crippen molar-refractivity contribution < 1.29 is 0 Å². The summed E-state index contributed by atoms with van der Waals surface area (Å²) >= 11 is 0. The summed E-state index contributed by atoms with van der Waals surface area (Å²) in [6, 6.07) is 48.9. The number of hydrogen-bond acceptors (Lipinski definition) is 0. The number of fused-ring (bicyclic) bond motifs is 3. The summed E-state index contributed by atoms with van der Waals surface area (Å²) in [5.41, 5.74) is 10.3. The number of hydrogen-bond donors (Lipinski definition) is 0. The van der Waals surface area contributed by atoms with Gasteiger partial charge >= 0.3 is 0 Å². The van der Waals surface area contributed by atoms with Crippen molar-refractivity contribution in [1.82, 2.24) is 0 Å². The number of benzene rings is 7. The first-order chi connectivity index (χ1) is 18.7. The Bertz CT molecular complexity index is 1910. The molecule has 0 unspecified atom stereocenters. The van der Waals surface area contributed by atoms with Gasteiger partial charge in [0.15, 0.2) is 0 Å². The first kappa shape index (κ1) is 22.5. The Kier molecular flexibility index (Phi) is 5.34. The van der Waals surface area contributed by atoms with Gasteiger partial charge in [0.25, 0.3) is 0 Å². The Morgan fingerprint density at radius 2 is 0.816 bits per heavy atom. The molecule has 0 spiro atoms. The van der Waals surface area contributed by atoms with E-state index in [1.165, 1.54) is 76.8 Å². The Morgan fingerprint density at radius 1 is 0.342 bits per heavy atom. The van der Waals surface area contributed by atoms with Crippen LogP contribution in [-0.2, 0) is 0 Å². The SMILES string of the molecule is Cc1ccc(-c2c3ccccc3c(-c3ccc(-c4cccc5ccccc45)cc3)c3ccccc23)cc1C. The first-order valence-electron chi connectivity index (χ1n) is 13.3. The van der Waals surface area contributed by atoms with Crippen molar-refractivity contribution in [2.24, 2.45) is 0 Å². The molecule has 0 N–H and O–H groups in total. The van der Waals surface area contributed by atoms with Gasteiger partial charge in [0.1, 0.15) is 0 Å². The molecular weight excluding hydrogens is 456 g/mol. The van der Waals surface area contributed by atoms with Gasteiger partial charge in [-0.3, -0.25) is 0 Å². The minimum atomic E-state index is 1.24. The highest BCUT2D eigenvalue weighted by Crippen LogP contribution is 2.44. The van der Waals surface area contributed by atoms with Gasteiger partial charge in [0.05, 0.1) is 0 Å². The summed E-state index contributed by atoms with van der Waals surface area (Å²) in [7, 11) is 0. The highest BCUT2D eigenvalue weighted by atomic mass is 14.2. The van der Waals surface area contributed by atoms with Gasteiger partial charge in [-0.1, -0.05) is 133 Å². The van der Waals surface area contributed by atoms with Crippen LogP contribution in [0, 0.1) is 13.8 Å². The van der Waals surface area contributed by atoms with E-state index in [-0.39, 0.29) is 0 Å². The molecule has 0 nitrogen and oxygen atoms in total. The molecule has 0 heterocycles. The van der Waals surface area contributed by atoms with Crippen molar-refractivity contribution >= 4 is 32.3 Å². The van der Waals surface area contributed by atoms with E-state index in [0.717, 1.165) is 0 Å². The van der Waals surface area contributed by atoms with Crippen LogP contribution in [0.2, 0.25) is 0 Å². The standard InChI is InChI=1S/C38H28/c1-25-18-19-30(24-26(25)2)38-35-15-7-5-13-33(35)37(34-14-6-8-16-36(34)38)29-22-20-28(21-23-29)32-17-9-11-27-10-3-4-12-31(27)32/h3-24H,1-2H3. The fourth-order valence-corrected chi connectivity index (χ4v) is 5.94. The molecule has 0 fully saturated rings. The van der Waals surface area contributed by atoms with Gasteiger partial charge in [-0.15, -0.1) is 0 Å². The zero-order chi connectivity index (χ0) is 25.6. The zero-order valence-electron chi connectivity index (χ0n) is 21.7. The molecule has 0 heteroatoms. The maximum absolute atomic E-state index is 2.34. The van der Waals surface area contributed by atoms with Crippen LogP contribution in [0.1, 0.15) is 11.1 Å². The van der Waals surface area contributed by atoms with Crippen LogP contribution in [0.3, 0.4) is 0 Å². The van der Waals surface area contributed by atoms with Crippen LogP contribution in [0.25, 0.3) is 65.7 Å². The molecule has 38 heavy (non-hydrogen) atoms. The topological polar surface area (TPSA) is 0 Å². The molecule has 7 aromatic carbocycles. The quantitative estimate of drug-likeness (QED) is 0.219. The van der Waals surface area contributed by atoms with Crippen LogP contribution in [0.15, 0.2) is 133 Å². The second kappa shape index (κ2) is 9.01. The average molecular weight is 485 g/mol. The molecule has 0 aliphatic heterocycles. The Labute approximate surface area is 223 Å². The van der Waals surface area contributed by atoms with Gasteiger partial charge in [-0.05, 0) is 90.7 Å². The third-order valence-corrected chi connectivity index (χ3v) is 8.00. The number of aryl methyl sites for hydroxylation is 2. The predicted octanol–water partition coefficient (Wildman–Crippen LogP) is 10.8. The van der Waals surface area contributed by atoms with E-state index in [1.807, 2.05) is 0 Å². The van der Waals surface area contributed by atoms with E-state index < -0.39 is 0 Å². The van der Waals surface area contributed by atoms with Crippen molar-refractivity contribution in [3.8, 4) is 33.4 Å². The molecule has 0 aromatic heterocycles. The van der Waals surface area contributed by atoms with Crippen LogP contribution < -0.4 is 0 Å². The highest BCUT2D eigenvalue weighted by Gasteiger charge is 2.17. The molecule has 7 rings (SSSR count). The summed E-state index contributed by atoms with van der Waals surface area (Å²) in [6.07, 6.45) is 0. The monoisotopic (exact) mass is 484 g/mol. The minimum Gasteiger partial charge on any atom is -0.0616 e. The number of rotatable bonds is 3. The van der Waals surface area contributed by atoms with E-state index in [2.05, 4.69) is 147 Å². The maximum atomic E-state index is 2.34. The average Bonchev–Trinajstić information content (AvgIpc) is 2.97. The van der Waals surface area contributed by atoms with E-state index in [4.69, 9.17) is 0 Å². The lowest BCUT2D eigenvalue weighted by molar-refractivity contribution is 1.34. The Balaban J connectivity index is 1.47. The van der Waals surface area contributed by atoms with Crippen LogP contribution in [-0.4, -0.2) is 0 Å². The van der Waals surface area contributed by atoms with Crippen molar-refractivity contribution in [2.45, 2.75) is 13.8 Å². The smallest absolute Gasteiger partial charge is 0.00263 e. The molecule has 7 aromatic rings. The fourth-order valence-electron chi connectivity index (χ4n) is 5.94. The van der Waals surface area contributed by atoms with Gasteiger partial charge in [0.2, 0.25) is 0 Å². The van der Waals surface area contributed by atoms with Crippen LogP contribution >= 0.6 is 0 Å². The third-order valence-electron chi connectivity index (χ3n) is 8.00. The molecule has 0 bridgehead atoms. The molecule has 0 atom stereocenters. The fraction of sp³-hybridized carbons (Fsp3) is 0.0526. The summed E-state index contributed by atoms with van der Waals surface area (Å²) < 4.78 is 0. The first-order valence-corrected chi connectivity index (χ1v) is 13.3. The normalized spacial score (nSPS) is 11.4. The predicted molar refractivity (Wildman–Crippen MR) is 165 cm³/mol. The van der Waals surface area contributed by atoms with E-state index in [9.17, 15) is 0 Å². The summed E-state index contributed by atoms with van der Waals surface area (Å²) in [4.78, 5) is 0. The summed E-state index contributed by atoms with van der Waals surface area (Å²) in [5, 5.41) is 7.73. The molecular formula is C38H28. The lowest BCUT2D eigenvalue weighted by Crippen LogP contribution is -1.92. The Morgan fingerprint density at radius 3 is 1.42 bits per heavy atom. The van der Waals surface area contributed by atoms with Crippen molar-refractivity contribution in [3.63, 3.8) is 0 Å². The Hall–Kier alpha value is -4.68. The van der Waals surface area contributed by atoms with Gasteiger partial charge in [-0.2, -0.15) is 0 Å². The lowest BCUT2D eigenvalue weighted by Gasteiger charge is -2.18. The van der Waals surface area contributed by atoms with Crippen LogP contribution in [0.5, 0.6) is 0 Å². The van der Waals surface area contributed by atoms with E-state index >= 15 is 0 Å². The third kappa shape index (κ3) is 3.61. The summed E-state index contributed by atoms with van der Waals surface area (Å²) in [5.74, 6) is 0. The highest BCUT2D eigenvalue weighted by molar-refractivity contribution is 6.21. The van der Waals surface area contributed by atoms with E-state index in [0.29, 0.717) is 0 Å². The molecule has 0 amide bonds. The molecule has 0 saturated heterocycles. The van der Waals surface area contributed by atoms with Crippen LogP contribution in [0.4, 0.5) is 0 Å².